The molecule has 0 aromatic carbocycles. The first-order chi connectivity index (χ1) is 11.8. The lowest BCUT2D eigenvalue weighted by atomic mass is 9.89. The first-order valence-corrected chi connectivity index (χ1v) is 10.9. The van der Waals surface area contributed by atoms with E-state index in [-0.39, 0.29) is 0 Å². The smallest absolute Gasteiger partial charge is 0.0683 e. The molecule has 0 aliphatic carbocycles. The highest BCUT2D eigenvalue weighted by Gasteiger charge is 2.64. The Morgan fingerprint density at radius 3 is 0.923 bits per heavy atom. The second-order valence-electron chi connectivity index (χ2n) is 12.6. The molecule has 0 unspecified atom stereocenters. The van der Waals surface area contributed by atoms with Crippen molar-refractivity contribution in [3.63, 3.8) is 0 Å². The topological polar surface area (TPSA) is 13.0 Å². The van der Waals surface area contributed by atoms with Crippen LogP contribution < -0.4 is 0 Å². The Hall–Kier alpha value is -0.160. The Bertz CT molecular complexity index is 520. The summed E-state index contributed by atoms with van der Waals surface area (Å²) in [4.78, 5) is 11.6. The lowest BCUT2D eigenvalue weighted by Crippen LogP contribution is -2.68. The molecule has 148 valence electrons. The van der Waals surface area contributed by atoms with Crippen molar-refractivity contribution < 1.29 is 0 Å². The molecule has 0 aromatic rings. The number of rotatable bonds is 0. The standard InChI is InChI=1S/C22H40N4/c1-19(2)9-15-10-20(3,4)25-14-26-18-16(12-22(26,7)8)11-21(5,6)24(18)13-23(19)17(15)25/h15-18H,9-14H2,1-8H3. The Labute approximate surface area is 160 Å². The number of hydrogen-bond donors (Lipinski definition) is 0. The lowest BCUT2D eigenvalue weighted by molar-refractivity contribution is -0.144. The molecule has 0 N–H and O–H groups in total. The molecular formula is C22H40N4. The molecule has 0 atom stereocenters. The van der Waals surface area contributed by atoms with Gasteiger partial charge in [-0.15, -0.1) is 0 Å². The fraction of sp³-hybridized carbons (Fsp3) is 1.00. The first-order valence-electron chi connectivity index (χ1n) is 10.9. The van der Waals surface area contributed by atoms with Crippen LogP contribution in [0, 0.1) is 11.8 Å². The summed E-state index contributed by atoms with van der Waals surface area (Å²) < 4.78 is 0. The Morgan fingerprint density at radius 2 is 0.692 bits per heavy atom. The van der Waals surface area contributed by atoms with Gasteiger partial charge in [0.1, 0.15) is 0 Å². The first kappa shape index (κ1) is 17.9. The van der Waals surface area contributed by atoms with Crippen LogP contribution in [0.4, 0.5) is 0 Å². The zero-order valence-corrected chi connectivity index (χ0v) is 18.3. The monoisotopic (exact) mass is 360 g/mol. The van der Waals surface area contributed by atoms with E-state index in [1.807, 2.05) is 0 Å². The van der Waals surface area contributed by atoms with E-state index in [0.717, 1.165) is 25.2 Å². The third kappa shape index (κ3) is 2.16. The molecule has 0 bridgehead atoms. The van der Waals surface area contributed by atoms with Crippen molar-refractivity contribution in [3.8, 4) is 0 Å². The average molecular weight is 361 g/mol. The van der Waals surface area contributed by atoms with Crippen LogP contribution >= 0.6 is 0 Å². The highest BCUT2D eigenvalue weighted by atomic mass is 15.6. The van der Waals surface area contributed by atoms with E-state index >= 15 is 0 Å². The van der Waals surface area contributed by atoms with Crippen LogP contribution in [0.5, 0.6) is 0 Å². The molecule has 5 saturated heterocycles. The minimum Gasteiger partial charge on any atom is -0.269 e. The summed E-state index contributed by atoms with van der Waals surface area (Å²) in [7, 11) is 0. The van der Waals surface area contributed by atoms with Gasteiger partial charge >= 0.3 is 0 Å². The lowest BCUT2D eigenvalue weighted by Gasteiger charge is -2.55. The van der Waals surface area contributed by atoms with Crippen LogP contribution in [0.2, 0.25) is 0 Å². The molecule has 0 aromatic heterocycles. The predicted molar refractivity (Wildman–Crippen MR) is 106 cm³/mol. The van der Waals surface area contributed by atoms with Gasteiger partial charge in [0.05, 0.1) is 25.7 Å². The molecular weight excluding hydrogens is 320 g/mol. The largest absolute Gasteiger partial charge is 0.269 e. The molecule has 0 radical (unpaired) electrons. The minimum atomic E-state index is 0.314. The maximum Gasteiger partial charge on any atom is 0.0683 e. The van der Waals surface area contributed by atoms with E-state index in [4.69, 9.17) is 0 Å². The fourth-order valence-corrected chi connectivity index (χ4v) is 7.82. The van der Waals surface area contributed by atoms with Crippen LogP contribution in [0.25, 0.3) is 0 Å². The van der Waals surface area contributed by atoms with E-state index in [1.54, 1.807) is 0 Å². The molecule has 5 aliphatic heterocycles. The van der Waals surface area contributed by atoms with Crippen molar-refractivity contribution in [2.75, 3.05) is 13.3 Å². The summed E-state index contributed by atoms with van der Waals surface area (Å²) >= 11 is 0. The third-order valence-electron chi connectivity index (χ3n) is 8.89. The second-order valence-corrected chi connectivity index (χ2v) is 12.6. The van der Waals surface area contributed by atoms with E-state index in [1.165, 1.54) is 25.7 Å². The summed E-state index contributed by atoms with van der Waals surface area (Å²) in [5, 5.41) is 0. The van der Waals surface area contributed by atoms with Gasteiger partial charge < -0.3 is 0 Å². The average Bonchev–Trinajstić information content (AvgIpc) is 2.94. The summed E-state index contributed by atoms with van der Waals surface area (Å²) in [6.07, 6.45) is 6.64. The van der Waals surface area contributed by atoms with Crippen molar-refractivity contribution in [2.24, 2.45) is 11.8 Å². The van der Waals surface area contributed by atoms with E-state index < -0.39 is 0 Å². The number of nitrogens with zero attached hydrogens (tertiary/aromatic N) is 4. The fourth-order valence-electron chi connectivity index (χ4n) is 7.82. The Kier molecular flexibility index (Phi) is 3.35. The molecule has 5 rings (SSSR count). The molecule has 0 saturated carbocycles. The molecule has 5 heterocycles. The van der Waals surface area contributed by atoms with Crippen molar-refractivity contribution >= 4 is 0 Å². The number of hydrogen-bond acceptors (Lipinski definition) is 4. The van der Waals surface area contributed by atoms with Gasteiger partial charge in [-0.2, -0.15) is 0 Å². The zero-order chi connectivity index (χ0) is 18.9. The van der Waals surface area contributed by atoms with E-state index in [2.05, 4.69) is 75.0 Å². The molecule has 4 nitrogen and oxygen atoms in total. The van der Waals surface area contributed by atoms with Crippen LogP contribution in [-0.2, 0) is 0 Å². The quantitative estimate of drug-likeness (QED) is 0.652. The van der Waals surface area contributed by atoms with E-state index in [9.17, 15) is 0 Å². The Morgan fingerprint density at radius 1 is 0.462 bits per heavy atom. The van der Waals surface area contributed by atoms with Crippen LogP contribution in [0.1, 0.15) is 81.1 Å². The van der Waals surface area contributed by atoms with Gasteiger partial charge in [0.25, 0.3) is 0 Å². The van der Waals surface area contributed by atoms with Crippen LogP contribution in [0.3, 0.4) is 0 Å². The van der Waals surface area contributed by atoms with Crippen molar-refractivity contribution in [2.45, 2.75) is 116 Å². The van der Waals surface area contributed by atoms with Gasteiger partial charge in [-0.1, -0.05) is 0 Å². The second kappa shape index (κ2) is 4.87. The zero-order valence-electron chi connectivity index (χ0n) is 18.3. The predicted octanol–water partition coefficient (Wildman–Crippen LogP) is 3.74. The summed E-state index contributed by atoms with van der Waals surface area (Å²) in [6, 6.07) is 0. The van der Waals surface area contributed by atoms with Crippen LogP contribution in [-0.4, -0.2) is 67.4 Å². The van der Waals surface area contributed by atoms with Crippen molar-refractivity contribution in [1.29, 1.82) is 0 Å². The maximum absolute atomic E-state index is 2.89. The van der Waals surface area contributed by atoms with Gasteiger partial charge in [-0.05, 0) is 92.9 Å². The third-order valence-corrected chi connectivity index (χ3v) is 8.89. The van der Waals surface area contributed by atoms with Gasteiger partial charge in [0.15, 0.2) is 0 Å². The molecule has 4 heteroatoms. The highest BCUT2D eigenvalue weighted by Crippen LogP contribution is 2.56. The van der Waals surface area contributed by atoms with Gasteiger partial charge in [-0.25, -0.2) is 0 Å². The van der Waals surface area contributed by atoms with Crippen LogP contribution in [0.15, 0.2) is 0 Å². The van der Waals surface area contributed by atoms with Crippen molar-refractivity contribution in [3.05, 3.63) is 0 Å². The molecule has 5 aliphatic rings. The van der Waals surface area contributed by atoms with Gasteiger partial charge in [-0.3, -0.25) is 19.6 Å². The maximum atomic E-state index is 2.89. The minimum absolute atomic E-state index is 0.314. The summed E-state index contributed by atoms with van der Waals surface area (Å²) in [6.45, 7) is 22.2. The van der Waals surface area contributed by atoms with Gasteiger partial charge in [0, 0.05) is 22.2 Å². The summed E-state index contributed by atoms with van der Waals surface area (Å²) in [5.41, 5.74) is 1.26. The van der Waals surface area contributed by atoms with Gasteiger partial charge in [0.2, 0.25) is 0 Å². The molecule has 0 amide bonds. The van der Waals surface area contributed by atoms with E-state index in [0.29, 0.717) is 34.5 Å². The molecule has 26 heavy (non-hydrogen) atoms. The van der Waals surface area contributed by atoms with Crippen molar-refractivity contribution in [1.82, 2.24) is 19.6 Å². The Balaban J connectivity index is 1.62. The molecule has 5 fully saturated rings. The molecule has 0 spiro atoms. The highest BCUT2D eigenvalue weighted by molar-refractivity contribution is 5.15. The summed E-state index contributed by atoms with van der Waals surface area (Å²) in [5.74, 6) is 1.65. The normalized spacial score (nSPS) is 46.2. The SMILES string of the molecule is CC1(C)CC2CC(C)(C)N3CN4C5C(CC(C)(C)N5CN1C23)CC4(C)C.